The maximum absolute atomic E-state index is 13.0. The van der Waals surface area contributed by atoms with E-state index in [1.54, 1.807) is 31.4 Å². The zero-order chi connectivity index (χ0) is 17.3. The number of fused-ring (bicyclic) bond motifs is 1. The summed E-state index contributed by atoms with van der Waals surface area (Å²) in [4.78, 5) is 4.41. The average Bonchev–Trinajstić information content (AvgIpc) is 2.57. The molecule has 0 saturated heterocycles. The van der Waals surface area contributed by atoms with Crippen LogP contribution in [0, 0.1) is 6.92 Å². The fourth-order valence-electron chi connectivity index (χ4n) is 2.54. The van der Waals surface area contributed by atoms with Crippen LogP contribution in [-0.4, -0.2) is 24.8 Å². The number of hydrogen-bond donors (Lipinski definition) is 0. The quantitative estimate of drug-likeness (QED) is 0.706. The first-order chi connectivity index (χ1) is 11.4. The van der Waals surface area contributed by atoms with Gasteiger partial charge in [-0.3, -0.25) is 4.98 Å². The van der Waals surface area contributed by atoms with Crippen LogP contribution in [0.5, 0.6) is 0 Å². The van der Waals surface area contributed by atoms with Gasteiger partial charge in [-0.15, -0.1) is 0 Å². The van der Waals surface area contributed by atoms with E-state index in [1.165, 1.54) is 10.4 Å². The molecule has 1 heterocycles. The smallest absolute Gasteiger partial charge is 0.243 e. The summed E-state index contributed by atoms with van der Waals surface area (Å²) in [5, 5.41) is 0.964. The lowest BCUT2D eigenvalue weighted by Gasteiger charge is -2.18. The molecule has 3 aromatic rings. The fourth-order valence-corrected chi connectivity index (χ4v) is 4.09. The SMILES string of the molecule is Cc1ccc(CN(C)S(=O)(=O)c2ccc(Cl)c3ncccc23)cc1. The summed E-state index contributed by atoms with van der Waals surface area (Å²) in [6.45, 7) is 2.30. The summed E-state index contributed by atoms with van der Waals surface area (Å²) in [5.41, 5.74) is 2.56. The van der Waals surface area contributed by atoms with Crippen LogP contribution in [0.15, 0.2) is 59.6 Å². The number of hydrogen-bond acceptors (Lipinski definition) is 3. The highest BCUT2D eigenvalue weighted by molar-refractivity contribution is 7.89. The number of rotatable bonds is 4. The molecule has 2 aromatic carbocycles. The lowest BCUT2D eigenvalue weighted by atomic mass is 10.1. The highest BCUT2D eigenvalue weighted by atomic mass is 35.5. The normalized spacial score (nSPS) is 12.0. The molecule has 0 aliphatic rings. The molecule has 0 atom stereocenters. The number of pyridine rings is 1. The van der Waals surface area contributed by atoms with Gasteiger partial charge in [0.15, 0.2) is 0 Å². The van der Waals surface area contributed by atoms with E-state index in [2.05, 4.69) is 4.98 Å². The Kier molecular flexibility index (Phi) is 4.58. The molecule has 0 spiro atoms. The Morgan fingerprint density at radius 3 is 2.50 bits per heavy atom. The van der Waals surface area contributed by atoms with Crippen molar-refractivity contribution in [1.29, 1.82) is 0 Å². The first-order valence-corrected chi connectivity index (χ1v) is 9.26. The molecule has 0 N–H and O–H groups in total. The van der Waals surface area contributed by atoms with Crippen molar-refractivity contribution in [2.24, 2.45) is 0 Å². The van der Waals surface area contributed by atoms with Crippen LogP contribution in [0.2, 0.25) is 5.02 Å². The molecule has 124 valence electrons. The number of halogens is 1. The van der Waals surface area contributed by atoms with Crippen molar-refractivity contribution >= 4 is 32.5 Å². The van der Waals surface area contributed by atoms with E-state index in [9.17, 15) is 8.42 Å². The van der Waals surface area contributed by atoms with Gasteiger partial charge in [0.25, 0.3) is 0 Å². The van der Waals surface area contributed by atoms with Gasteiger partial charge in [-0.1, -0.05) is 41.4 Å². The maximum Gasteiger partial charge on any atom is 0.243 e. The molecule has 3 rings (SSSR count). The Labute approximate surface area is 146 Å². The fraction of sp³-hybridized carbons (Fsp3) is 0.167. The third-order valence-electron chi connectivity index (χ3n) is 3.89. The molecule has 0 unspecified atom stereocenters. The molecule has 1 aromatic heterocycles. The molecule has 4 nitrogen and oxygen atoms in total. The van der Waals surface area contributed by atoms with E-state index >= 15 is 0 Å². The van der Waals surface area contributed by atoms with E-state index in [1.807, 2.05) is 31.2 Å². The van der Waals surface area contributed by atoms with Crippen LogP contribution in [0.4, 0.5) is 0 Å². The lowest BCUT2D eigenvalue weighted by molar-refractivity contribution is 0.467. The molecular weight excluding hydrogens is 344 g/mol. The van der Waals surface area contributed by atoms with Crippen molar-refractivity contribution in [2.75, 3.05) is 7.05 Å². The topological polar surface area (TPSA) is 50.3 Å². The third kappa shape index (κ3) is 3.15. The van der Waals surface area contributed by atoms with Gasteiger partial charge in [-0.05, 0) is 36.8 Å². The van der Waals surface area contributed by atoms with E-state index in [-0.39, 0.29) is 4.90 Å². The zero-order valence-electron chi connectivity index (χ0n) is 13.4. The molecule has 0 aliphatic heterocycles. The second-order valence-corrected chi connectivity index (χ2v) is 8.11. The second kappa shape index (κ2) is 6.51. The van der Waals surface area contributed by atoms with E-state index in [4.69, 9.17) is 11.6 Å². The predicted molar refractivity (Wildman–Crippen MR) is 96.6 cm³/mol. The number of benzene rings is 2. The Morgan fingerprint density at radius 2 is 1.79 bits per heavy atom. The second-order valence-electron chi connectivity index (χ2n) is 5.69. The summed E-state index contributed by atoms with van der Waals surface area (Å²) < 4.78 is 27.3. The molecule has 0 saturated carbocycles. The number of aromatic nitrogens is 1. The number of sulfonamides is 1. The first kappa shape index (κ1) is 16.9. The van der Waals surface area contributed by atoms with E-state index < -0.39 is 10.0 Å². The van der Waals surface area contributed by atoms with Crippen molar-refractivity contribution in [3.8, 4) is 0 Å². The molecule has 0 radical (unpaired) electrons. The Hall–Kier alpha value is -1.95. The van der Waals surface area contributed by atoms with Gasteiger partial charge in [0.1, 0.15) is 0 Å². The van der Waals surface area contributed by atoms with Crippen molar-refractivity contribution < 1.29 is 8.42 Å². The maximum atomic E-state index is 13.0. The highest BCUT2D eigenvalue weighted by Crippen LogP contribution is 2.29. The number of nitrogens with zero attached hydrogens (tertiary/aromatic N) is 2. The lowest BCUT2D eigenvalue weighted by Crippen LogP contribution is -2.26. The molecule has 24 heavy (non-hydrogen) atoms. The molecule has 0 bridgehead atoms. The average molecular weight is 361 g/mol. The summed E-state index contributed by atoms with van der Waals surface area (Å²) in [5.74, 6) is 0. The molecule has 0 amide bonds. The van der Waals surface area contributed by atoms with Crippen molar-refractivity contribution in [3.05, 3.63) is 70.9 Å². The van der Waals surface area contributed by atoms with Gasteiger partial charge in [0, 0.05) is 25.2 Å². The summed E-state index contributed by atoms with van der Waals surface area (Å²) in [6, 6.07) is 14.3. The minimum absolute atomic E-state index is 0.213. The highest BCUT2D eigenvalue weighted by Gasteiger charge is 2.24. The molecule has 6 heteroatoms. The predicted octanol–water partition coefficient (Wildman–Crippen LogP) is 4.02. The van der Waals surface area contributed by atoms with Crippen LogP contribution in [0.25, 0.3) is 10.9 Å². The minimum Gasteiger partial charge on any atom is -0.255 e. The van der Waals surface area contributed by atoms with Crippen molar-refractivity contribution in [1.82, 2.24) is 9.29 Å². The molecular formula is C18H17ClN2O2S. The van der Waals surface area contributed by atoms with Crippen LogP contribution in [-0.2, 0) is 16.6 Å². The summed E-state index contributed by atoms with van der Waals surface area (Å²) >= 11 is 6.13. The van der Waals surface area contributed by atoms with Crippen molar-refractivity contribution in [2.45, 2.75) is 18.4 Å². The minimum atomic E-state index is -3.66. The Balaban J connectivity index is 2.01. The zero-order valence-corrected chi connectivity index (χ0v) is 15.0. The van der Waals surface area contributed by atoms with Gasteiger partial charge in [-0.2, -0.15) is 4.31 Å². The standard InChI is InChI=1S/C18H17ClN2O2S/c1-13-5-7-14(8-6-13)12-21(2)24(22,23)17-10-9-16(19)18-15(17)4-3-11-20-18/h3-11H,12H2,1-2H3. The van der Waals surface area contributed by atoms with Crippen LogP contribution < -0.4 is 0 Å². The van der Waals surface area contributed by atoms with Gasteiger partial charge in [0.2, 0.25) is 10.0 Å². The van der Waals surface area contributed by atoms with E-state index in [0.717, 1.165) is 11.1 Å². The van der Waals surface area contributed by atoms with Gasteiger partial charge >= 0.3 is 0 Å². The van der Waals surface area contributed by atoms with Crippen LogP contribution in [0.3, 0.4) is 0 Å². The molecule has 0 fully saturated rings. The Bertz CT molecular complexity index is 986. The van der Waals surface area contributed by atoms with Crippen molar-refractivity contribution in [3.63, 3.8) is 0 Å². The van der Waals surface area contributed by atoms with Gasteiger partial charge in [0.05, 0.1) is 15.4 Å². The largest absolute Gasteiger partial charge is 0.255 e. The Morgan fingerprint density at radius 1 is 1.08 bits per heavy atom. The molecule has 0 aliphatic carbocycles. The van der Waals surface area contributed by atoms with Gasteiger partial charge < -0.3 is 0 Å². The van der Waals surface area contributed by atoms with Crippen LogP contribution >= 0.6 is 11.6 Å². The van der Waals surface area contributed by atoms with Crippen LogP contribution in [0.1, 0.15) is 11.1 Å². The number of aryl methyl sites for hydroxylation is 1. The summed E-state index contributed by atoms with van der Waals surface area (Å²) in [7, 11) is -2.08. The first-order valence-electron chi connectivity index (χ1n) is 7.45. The van der Waals surface area contributed by atoms with E-state index in [0.29, 0.717) is 22.5 Å². The summed E-state index contributed by atoms with van der Waals surface area (Å²) in [6.07, 6.45) is 1.60. The third-order valence-corrected chi connectivity index (χ3v) is 6.06. The van der Waals surface area contributed by atoms with Gasteiger partial charge in [-0.25, -0.2) is 8.42 Å². The monoisotopic (exact) mass is 360 g/mol.